The Bertz CT molecular complexity index is 1060. The third kappa shape index (κ3) is 4.28. The van der Waals surface area contributed by atoms with Crippen molar-refractivity contribution in [1.29, 1.82) is 0 Å². The van der Waals surface area contributed by atoms with Crippen LogP contribution in [0.4, 0.5) is 11.6 Å². The highest BCUT2D eigenvalue weighted by Gasteiger charge is 2.16. The molecule has 0 amide bonds. The predicted octanol–water partition coefficient (Wildman–Crippen LogP) is 5.20. The molecule has 28 heavy (non-hydrogen) atoms. The molecule has 0 aliphatic rings. The fourth-order valence-electron chi connectivity index (χ4n) is 2.72. The Morgan fingerprint density at radius 1 is 1.25 bits per heavy atom. The summed E-state index contributed by atoms with van der Waals surface area (Å²) >= 11 is 0. The molecule has 0 saturated carbocycles. The van der Waals surface area contributed by atoms with Gasteiger partial charge in [-0.2, -0.15) is 0 Å². The fraction of sp³-hybridized carbons (Fsp3) is 0.227. The molecular weight excluding hydrogens is 350 g/mol. The van der Waals surface area contributed by atoms with Crippen molar-refractivity contribution in [1.82, 2.24) is 15.0 Å². The van der Waals surface area contributed by atoms with E-state index in [-0.39, 0.29) is 5.41 Å². The van der Waals surface area contributed by atoms with Crippen molar-refractivity contribution in [3.05, 3.63) is 66.3 Å². The Kier molecular flexibility index (Phi) is 5.31. The average Bonchev–Trinajstić information content (AvgIpc) is 3.10. The lowest BCUT2D eigenvalue weighted by Gasteiger charge is -2.15. The maximum absolute atomic E-state index is 5.08. The molecule has 3 aromatic rings. The van der Waals surface area contributed by atoms with Gasteiger partial charge in [-0.25, -0.2) is 9.97 Å². The van der Waals surface area contributed by atoms with E-state index in [1.165, 1.54) is 5.69 Å². The first-order chi connectivity index (χ1) is 13.3. The van der Waals surface area contributed by atoms with E-state index in [9.17, 15) is 0 Å². The molecule has 2 aromatic heterocycles. The Morgan fingerprint density at radius 2 is 2.04 bits per heavy atom. The van der Waals surface area contributed by atoms with E-state index in [1.54, 1.807) is 25.4 Å². The number of fused-ring (bicyclic) bond motifs is 1. The number of hydrogen-bond acceptors (Lipinski definition) is 5. The Balaban J connectivity index is 1.88. The quantitative estimate of drug-likeness (QED) is 0.353. The zero-order valence-corrected chi connectivity index (χ0v) is 16.7. The summed E-state index contributed by atoms with van der Waals surface area (Å²) in [6.07, 6.45) is 3.35. The van der Waals surface area contributed by atoms with Gasteiger partial charge in [-0.15, -0.1) is 0 Å². The Morgan fingerprint density at radius 3 is 2.71 bits per heavy atom. The number of nitrogens with one attached hydrogen (secondary N) is 2. The summed E-state index contributed by atoms with van der Waals surface area (Å²) < 4.78 is 5.08. The van der Waals surface area contributed by atoms with E-state index in [0.717, 1.165) is 16.6 Å². The number of aromatic nitrogens is 3. The molecule has 3 rings (SSSR count). The van der Waals surface area contributed by atoms with E-state index in [1.807, 2.05) is 6.07 Å². The van der Waals surface area contributed by atoms with E-state index in [2.05, 4.69) is 77.5 Å². The van der Waals surface area contributed by atoms with Crippen LogP contribution >= 0.6 is 0 Å². The van der Waals surface area contributed by atoms with Crippen LogP contribution < -0.4 is 5.32 Å². The number of allylic oxidation sites excluding steroid dienone is 1. The van der Waals surface area contributed by atoms with Gasteiger partial charge in [0.1, 0.15) is 5.76 Å². The number of rotatable bonds is 6. The van der Waals surface area contributed by atoms with Crippen molar-refractivity contribution in [2.45, 2.75) is 26.2 Å². The molecule has 0 atom stereocenters. The molecule has 0 unspecified atom stereocenters. The van der Waals surface area contributed by atoms with Gasteiger partial charge in [-0.3, -0.25) is 4.99 Å². The van der Waals surface area contributed by atoms with Gasteiger partial charge in [-0.05, 0) is 37.0 Å². The van der Waals surface area contributed by atoms with Gasteiger partial charge in [-0.1, -0.05) is 27.4 Å². The number of ether oxygens (including phenoxy) is 1. The summed E-state index contributed by atoms with van der Waals surface area (Å²) in [6.45, 7) is 13.9. The van der Waals surface area contributed by atoms with Gasteiger partial charge in [0.15, 0.2) is 0 Å². The Hall–Kier alpha value is -3.41. The summed E-state index contributed by atoms with van der Waals surface area (Å²) in [5.41, 5.74) is 4.46. The van der Waals surface area contributed by atoms with Gasteiger partial charge < -0.3 is 15.0 Å². The van der Waals surface area contributed by atoms with Crippen molar-refractivity contribution >= 4 is 35.0 Å². The van der Waals surface area contributed by atoms with Gasteiger partial charge >= 0.3 is 0 Å². The summed E-state index contributed by atoms with van der Waals surface area (Å²) in [7, 11) is 1.55. The lowest BCUT2D eigenvalue weighted by molar-refractivity contribution is 0.309. The molecule has 0 spiro atoms. The zero-order chi connectivity index (χ0) is 20.3. The van der Waals surface area contributed by atoms with Crippen LogP contribution in [0.15, 0.2) is 59.9 Å². The van der Waals surface area contributed by atoms with Crippen molar-refractivity contribution in [3.63, 3.8) is 0 Å². The lowest BCUT2D eigenvalue weighted by atomic mass is 9.92. The first-order valence-corrected chi connectivity index (χ1v) is 8.95. The SMILES string of the molecule is C=N/C(=C\C(=C)OC)c1ccnc(Nc2ccc3[nH]c(C(C)(C)C)cc3c2)n1. The van der Waals surface area contributed by atoms with Crippen LogP contribution in [0.3, 0.4) is 0 Å². The van der Waals surface area contributed by atoms with Gasteiger partial charge in [0.2, 0.25) is 5.95 Å². The third-order valence-electron chi connectivity index (χ3n) is 4.33. The largest absolute Gasteiger partial charge is 0.497 e. The van der Waals surface area contributed by atoms with Crippen LogP contribution in [0, 0.1) is 0 Å². The zero-order valence-electron chi connectivity index (χ0n) is 16.7. The minimum atomic E-state index is 0.0662. The molecule has 2 heterocycles. The summed E-state index contributed by atoms with van der Waals surface area (Å²) in [6, 6.07) is 10.1. The normalized spacial score (nSPS) is 12.1. The second-order valence-corrected chi connectivity index (χ2v) is 7.48. The van der Waals surface area contributed by atoms with Crippen LogP contribution in [-0.2, 0) is 10.2 Å². The number of aromatic amines is 1. The van der Waals surface area contributed by atoms with Crippen LogP contribution in [0.5, 0.6) is 0 Å². The standard InChI is InChI=1S/C22H25N5O/c1-14(28-6)11-19(23-5)18-9-10-24-21(27-18)25-16-7-8-17-15(12-16)13-20(26-17)22(2,3)4/h7-13,26H,1,5H2,2-4,6H3,(H,24,25,27)/b19-11-. The molecule has 1 aromatic carbocycles. The number of hydrogen-bond donors (Lipinski definition) is 2. The smallest absolute Gasteiger partial charge is 0.227 e. The molecule has 0 aliphatic heterocycles. The van der Waals surface area contributed by atoms with Crippen LogP contribution in [0.25, 0.3) is 16.6 Å². The molecule has 0 fully saturated rings. The third-order valence-corrected chi connectivity index (χ3v) is 4.33. The molecule has 144 valence electrons. The molecule has 6 nitrogen and oxygen atoms in total. The second kappa shape index (κ2) is 7.68. The Labute approximate surface area is 165 Å². The van der Waals surface area contributed by atoms with Crippen molar-refractivity contribution < 1.29 is 4.74 Å². The van der Waals surface area contributed by atoms with E-state index < -0.39 is 0 Å². The summed E-state index contributed by atoms with van der Waals surface area (Å²) in [5, 5.41) is 4.39. The second-order valence-electron chi connectivity index (χ2n) is 7.48. The maximum Gasteiger partial charge on any atom is 0.227 e. The number of methoxy groups -OCH3 is 1. The number of anilines is 2. The highest BCUT2D eigenvalue weighted by Crippen LogP contribution is 2.28. The molecular formula is C22H25N5O. The van der Waals surface area contributed by atoms with E-state index in [4.69, 9.17) is 4.74 Å². The number of nitrogens with zero attached hydrogens (tertiary/aromatic N) is 3. The van der Waals surface area contributed by atoms with E-state index in [0.29, 0.717) is 23.1 Å². The topological polar surface area (TPSA) is 75.2 Å². The fourth-order valence-corrected chi connectivity index (χ4v) is 2.72. The van der Waals surface area contributed by atoms with Gasteiger partial charge in [0.05, 0.1) is 18.5 Å². The average molecular weight is 375 g/mol. The van der Waals surface area contributed by atoms with Crippen molar-refractivity contribution in [2.24, 2.45) is 4.99 Å². The number of benzene rings is 1. The molecule has 0 radical (unpaired) electrons. The van der Waals surface area contributed by atoms with Crippen LogP contribution in [0.2, 0.25) is 0 Å². The summed E-state index contributed by atoms with van der Waals surface area (Å²) in [5.74, 6) is 0.948. The summed E-state index contributed by atoms with van der Waals surface area (Å²) in [4.78, 5) is 16.3. The lowest BCUT2D eigenvalue weighted by Crippen LogP contribution is -2.10. The van der Waals surface area contributed by atoms with Crippen LogP contribution in [0.1, 0.15) is 32.2 Å². The monoisotopic (exact) mass is 375 g/mol. The first kappa shape index (κ1) is 19.4. The molecule has 2 N–H and O–H groups in total. The maximum atomic E-state index is 5.08. The highest BCUT2D eigenvalue weighted by atomic mass is 16.5. The number of aliphatic imine (C=N–C) groups is 1. The van der Waals surface area contributed by atoms with Gasteiger partial charge in [0.25, 0.3) is 0 Å². The minimum Gasteiger partial charge on any atom is -0.497 e. The van der Waals surface area contributed by atoms with Crippen LogP contribution in [-0.4, -0.2) is 28.8 Å². The first-order valence-electron chi connectivity index (χ1n) is 8.95. The highest BCUT2D eigenvalue weighted by molar-refractivity contribution is 5.85. The van der Waals surface area contributed by atoms with Crippen molar-refractivity contribution in [3.8, 4) is 0 Å². The van der Waals surface area contributed by atoms with Crippen molar-refractivity contribution in [2.75, 3.05) is 12.4 Å². The minimum absolute atomic E-state index is 0.0662. The molecule has 6 heteroatoms. The predicted molar refractivity (Wildman–Crippen MR) is 116 cm³/mol. The van der Waals surface area contributed by atoms with E-state index >= 15 is 0 Å². The molecule has 0 bridgehead atoms. The number of H-pyrrole nitrogens is 1. The molecule has 0 aliphatic carbocycles. The molecule has 0 saturated heterocycles. The van der Waals surface area contributed by atoms with Gasteiger partial charge in [0, 0.05) is 40.0 Å².